The van der Waals surface area contributed by atoms with Crippen molar-refractivity contribution in [2.75, 3.05) is 6.61 Å². The average Bonchev–Trinajstić information content (AvgIpc) is 3.06. The number of amides is 1. The zero-order valence-corrected chi connectivity index (χ0v) is 30.7. The maximum atomic E-state index is 12.4. The number of carbonyl (C=O) groups is 1. The molecule has 0 heterocycles. The summed E-state index contributed by atoms with van der Waals surface area (Å²) in [6.45, 7) is 4.17. The molecule has 3 unspecified atom stereocenters. The van der Waals surface area contributed by atoms with Gasteiger partial charge in [-0.15, -0.1) is 0 Å². The van der Waals surface area contributed by atoms with E-state index in [4.69, 9.17) is 0 Å². The van der Waals surface area contributed by atoms with Crippen molar-refractivity contribution < 1.29 is 20.1 Å². The SMILES string of the molecule is CCCCCCCCCCC/C=C\CCCCCCC(O)C(=O)NC(CO)C(O)/C=C/CCCCCCCCCCCCCCC. The van der Waals surface area contributed by atoms with Crippen molar-refractivity contribution in [2.45, 2.75) is 225 Å². The predicted molar refractivity (Wildman–Crippen MR) is 199 cm³/mol. The van der Waals surface area contributed by atoms with Gasteiger partial charge in [0, 0.05) is 0 Å². The van der Waals surface area contributed by atoms with E-state index in [0.717, 1.165) is 44.9 Å². The molecule has 0 aromatic rings. The molecule has 5 nitrogen and oxygen atoms in total. The third kappa shape index (κ3) is 31.4. The van der Waals surface area contributed by atoms with E-state index in [2.05, 4.69) is 31.3 Å². The average molecular weight is 650 g/mol. The summed E-state index contributed by atoms with van der Waals surface area (Å²) in [6.07, 6.45) is 43.4. The van der Waals surface area contributed by atoms with Gasteiger partial charge < -0.3 is 20.6 Å². The van der Waals surface area contributed by atoms with Crippen LogP contribution in [-0.2, 0) is 4.79 Å². The van der Waals surface area contributed by atoms with E-state index in [0.29, 0.717) is 6.42 Å². The first-order valence-corrected chi connectivity index (χ1v) is 20.2. The summed E-state index contributed by atoms with van der Waals surface area (Å²) >= 11 is 0. The molecule has 0 bridgehead atoms. The van der Waals surface area contributed by atoms with Gasteiger partial charge in [0.05, 0.1) is 18.8 Å². The van der Waals surface area contributed by atoms with Crippen LogP contribution in [0, 0.1) is 0 Å². The molecular formula is C41H79NO4. The number of rotatable bonds is 36. The first-order valence-electron chi connectivity index (χ1n) is 20.2. The monoisotopic (exact) mass is 650 g/mol. The zero-order valence-electron chi connectivity index (χ0n) is 30.7. The van der Waals surface area contributed by atoms with Gasteiger partial charge in [0.2, 0.25) is 5.91 Å². The molecule has 3 atom stereocenters. The highest BCUT2D eigenvalue weighted by Crippen LogP contribution is 2.14. The van der Waals surface area contributed by atoms with Gasteiger partial charge in [-0.3, -0.25) is 4.79 Å². The van der Waals surface area contributed by atoms with Crippen molar-refractivity contribution in [3.63, 3.8) is 0 Å². The lowest BCUT2D eigenvalue weighted by Crippen LogP contribution is -2.48. The van der Waals surface area contributed by atoms with Crippen LogP contribution in [0.5, 0.6) is 0 Å². The number of unbranched alkanes of at least 4 members (excludes halogenated alkanes) is 26. The minimum Gasteiger partial charge on any atom is -0.394 e. The molecule has 0 aliphatic rings. The van der Waals surface area contributed by atoms with Crippen LogP contribution in [0.25, 0.3) is 0 Å². The van der Waals surface area contributed by atoms with Crippen LogP contribution in [-0.4, -0.2) is 46.1 Å². The van der Waals surface area contributed by atoms with Crippen LogP contribution in [0.15, 0.2) is 24.3 Å². The second-order valence-corrected chi connectivity index (χ2v) is 13.8. The lowest BCUT2D eigenvalue weighted by molar-refractivity contribution is -0.131. The van der Waals surface area contributed by atoms with Gasteiger partial charge in [0.15, 0.2) is 0 Å². The molecule has 0 aromatic carbocycles. The first kappa shape index (κ1) is 44.8. The molecule has 0 aliphatic heterocycles. The molecule has 0 radical (unpaired) electrons. The Balaban J connectivity index is 3.73. The molecule has 0 spiro atoms. The third-order valence-electron chi connectivity index (χ3n) is 9.29. The van der Waals surface area contributed by atoms with Crippen LogP contribution < -0.4 is 5.32 Å². The summed E-state index contributed by atoms with van der Waals surface area (Å²) in [7, 11) is 0. The van der Waals surface area contributed by atoms with E-state index in [-0.39, 0.29) is 6.61 Å². The van der Waals surface area contributed by atoms with Gasteiger partial charge in [0.1, 0.15) is 6.10 Å². The Kier molecular flexibility index (Phi) is 35.7. The fourth-order valence-electron chi connectivity index (χ4n) is 6.06. The smallest absolute Gasteiger partial charge is 0.249 e. The number of nitrogens with one attached hydrogen (secondary N) is 1. The van der Waals surface area contributed by atoms with Crippen LogP contribution in [0.2, 0.25) is 0 Å². The molecule has 46 heavy (non-hydrogen) atoms. The van der Waals surface area contributed by atoms with Gasteiger partial charge in [-0.05, 0) is 44.9 Å². The molecule has 0 saturated heterocycles. The summed E-state index contributed by atoms with van der Waals surface area (Å²) in [6, 6.07) is -0.799. The Hall–Kier alpha value is -1.17. The normalized spacial score (nSPS) is 13.9. The number of hydrogen-bond donors (Lipinski definition) is 4. The third-order valence-corrected chi connectivity index (χ3v) is 9.29. The van der Waals surface area contributed by atoms with Gasteiger partial charge in [-0.1, -0.05) is 186 Å². The minimum absolute atomic E-state index is 0.366. The number of aliphatic hydroxyl groups is 3. The van der Waals surface area contributed by atoms with E-state index in [1.54, 1.807) is 6.08 Å². The van der Waals surface area contributed by atoms with Gasteiger partial charge in [-0.25, -0.2) is 0 Å². The van der Waals surface area contributed by atoms with Crippen molar-refractivity contribution in [3.05, 3.63) is 24.3 Å². The van der Waals surface area contributed by atoms with Crippen molar-refractivity contribution in [2.24, 2.45) is 0 Å². The molecular weight excluding hydrogens is 570 g/mol. The van der Waals surface area contributed by atoms with E-state index < -0.39 is 24.2 Å². The topological polar surface area (TPSA) is 89.8 Å². The Morgan fingerprint density at radius 1 is 0.522 bits per heavy atom. The number of aliphatic hydroxyl groups excluding tert-OH is 3. The summed E-state index contributed by atoms with van der Waals surface area (Å²) in [5.74, 6) is -0.512. The second kappa shape index (κ2) is 36.7. The van der Waals surface area contributed by atoms with Crippen LogP contribution >= 0.6 is 0 Å². The Morgan fingerprint density at radius 3 is 1.26 bits per heavy atom. The van der Waals surface area contributed by atoms with Crippen LogP contribution in [0.1, 0.15) is 206 Å². The Bertz CT molecular complexity index is 679. The van der Waals surface area contributed by atoms with Gasteiger partial charge in [-0.2, -0.15) is 0 Å². The molecule has 0 fully saturated rings. The molecule has 5 heteroatoms. The lowest BCUT2D eigenvalue weighted by atomic mass is 10.0. The van der Waals surface area contributed by atoms with E-state index >= 15 is 0 Å². The molecule has 0 rings (SSSR count). The standard InChI is InChI=1S/C41H79NO4/c1-3-5-7-9-11-13-15-17-19-20-22-24-26-28-30-32-34-36-40(45)41(46)42-38(37-43)39(44)35-33-31-29-27-25-23-21-18-16-14-12-10-8-6-4-2/h22,24,33,35,38-40,43-45H,3-21,23,25-32,34,36-37H2,1-2H3,(H,42,46)/b24-22-,35-33+. The molecule has 1 amide bonds. The first-order chi connectivity index (χ1) is 22.6. The maximum absolute atomic E-state index is 12.4. The fraction of sp³-hybridized carbons (Fsp3) is 0.878. The van der Waals surface area contributed by atoms with E-state index in [1.807, 2.05) is 6.08 Å². The molecule has 0 saturated carbocycles. The Labute approximate surface area is 286 Å². The molecule has 4 N–H and O–H groups in total. The molecule has 0 aromatic heterocycles. The summed E-state index contributed by atoms with van der Waals surface area (Å²) in [4.78, 5) is 12.4. The number of hydrogen-bond acceptors (Lipinski definition) is 4. The molecule has 272 valence electrons. The Morgan fingerprint density at radius 2 is 0.870 bits per heavy atom. The highest BCUT2D eigenvalue weighted by molar-refractivity contribution is 5.80. The summed E-state index contributed by atoms with van der Waals surface area (Å²) in [5.41, 5.74) is 0. The summed E-state index contributed by atoms with van der Waals surface area (Å²) in [5, 5.41) is 33.0. The lowest BCUT2D eigenvalue weighted by Gasteiger charge is -2.21. The highest BCUT2D eigenvalue weighted by atomic mass is 16.3. The highest BCUT2D eigenvalue weighted by Gasteiger charge is 2.22. The van der Waals surface area contributed by atoms with Gasteiger partial charge >= 0.3 is 0 Å². The quantitative estimate of drug-likeness (QED) is 0.0401. The fourth-order valence-corrected chi connectivity index (χ4v) is 6.06. The summed E-state index contributed by atoms with van der Waals surface area (Å²) < 4.78 is 0. The van der Waals surface area contributed by atoms with E-state index in [9.17, 15) is 20.1 Å². The minimum atomic E-state index is -1.10. The zero-order chi connectivity index (χ0) is 33.8. The largest absolute Gasteiger partial charge is 0.394 e. The van der Waals surface area contributed by atoms with Crippen LogP contribution in [0.3, 0.4) is 0 Å². The number of allylic oxidation sites excluding steroid dienone is 3. The second-order valence-electron chi connectivity index (χ2n) is 13.8. The van der Waals surface area contributed by atoms with Crippen LogP contribution in [0.4, 0.5) is 0 Å². The van der Waals surface area contributed by atoms with Crippen molar-refractivity contribution in [3.8, 4) is 0 Å². The van der Waals surface area contributed by atoms with Crippen molar-refractivity contribution >= 4 is 5.91 Å². The van der Waals surface area contributed by atoms with E-state index in [1.165, 1.54) is 141 Å². The van der Waals surface area contributed by atoms with Crippen molar-refractivity contribution in [1.29, 1.82) is 0 Å². The number of carbonyl (C=O) groups excluding carboxylic acids is 1. The van der Waals surface area contributed by atoms with Crippen molar-refractivity contribution in [1.82, 2.24) is 5.32 Å². The van der Waals surface area contributed by atoms with Gasteiger partial charge in [0.25, 0.3) is 0 Å². The maximum Gasteiger partial charge on any atom is 0.249 e. The molecule has 0 aliphatic carbocycles. The predicted octanol–water partition coefficient (Wildman–Crippen LogP) is 11.0.